The molecule has 0 amide bonds. The fourth-order valence-electron chi connectivity index (χ4n) is 1.07. The highest BCUT2D eigenvalue weighted by atomic mass is 14.6. The van der Waals surface area contributed by atoms with Gasteiger partial charge in [0.05, 0.1) is 0 Å². The molecule has 0 aromatic heterocycles. The summed E-state index contributed by atoms with van der Waals surface area (Å²) in [6, 6.07) is 0. The topological polar surface area (TPSA) is 12.4 Å². The monoisotopic (exact) mass is 179 g/mol. The smallest absolute Gasteiger partial charge is 0.0277 e. The molecule has 1 heteroatoms. The van der Waals surface area contributed by atoms with Crippen molar-refractivity contribution < 1.29 is 0 Å². The standard InChI is InChI=1S/C12H21N/c1-10(2)7-6-8-12(9-13-5)11(3)4/h8-9,11H,1,6-7H2,2-5H3/b12-8+,13-9-. The van der Waals surface area contributed by atoms with Crippen LogP contribution in [0.1, 0.15) is 33.6 Å². The molecule has 0 aromatic carbocycles. The Kier molecular flexibility index (Phi) is 6.21. The second kappa shape index (κ2) is 6.64. The van der Waals surface area contributed by atoms with Gasteiger partial charge in [-0.05, 0) is 31.3 Å². The highest BCUT2D eigenvalue weighted by Gasteiger charge is 1.98. The first-order chi connectivity index (χ1) is 6.07. The van der Waals surface area contributed by atoms with Crippen LogP contribution in [0.5, 0.6) is 0 Å². The van der Waals surface area contributed by atoms with Crippen LogP contribution in [0.25, 0.3) is 0 Å². The van der Waals surface area contributed by atoms with Crippen molar-refractivity contribution in [1.29, 1.82) is 0 Å². The van der Waals surface area contributed by atoms with E-state index in [9.17, 15) is 0 Å². The normalized spacial score (nSPS) is 12.8. The summed E-state index contributed by atoms with van der Waals surface area (Å²) in [5, 5.41) is 0. The minimum atomic E-state index is 0.564. The van der Waals surface area contributed by atoms with Gasteiger partial charge in [0, 0.05) is 13.3 Å². The lowest BCUT2D eigenvalue weighted by molar-refractivity contribution is 0.795. The maximum atomic E-state index is 4.04. The lowest BCUT2D eigenvalue weighted by Gasteiger charge is -2.05. The third-order valence-electron chi connectivity index (χ3n) is 1.90. The van der Waals surface area contributed by atoms with Crippen LogP contribution < -0.4 is 0 Å². The van der Waals surface area contributed by atoms with E-state index in [4.69, 9.17) is 0 Å². The molecule has 0 N–H and O–H groups in total. The van der Waals surface area contributed by atoms with E-state index in [1.54, 1.807) is 0 Å². The predicted octanol–water partition coefficient (Wildman–Crippen LogP) is 3.63. The van der Waals surface area contributed by atoms with Crippen LogP contribution in [0.3, 0.4) is 0 Å². The van der Waals surface area contributed by atoms with Gasteiger partial charge in [-0.1, -0.05) is 25.5 Å². The highest BCUT2D eigenvalue weighted by Crippen LogP contribution is 2.10. The van der Waals surface area contributed by atoms with Gasteiger partial charge in [0.25, 0.3) is 0 Å². The second-order valence-corrected chi connectivity index (χ2v) is 3.74. The lowest BCUT2D eigenvalue weighted by Crippen LogP contribution is -1.95. The van der Waals surface area contributed by atoms with Gasteiger partial charge in [-0.25, -0.2) is 0 Å². The highest BCUT2D eigenvalue weighted by molar-refractivity contribution is 5.78. The van der Waals surface area contributed by atoms with Crippen molar-refractivity contribution in [3.05, 3.63) is 23.8 Å². The van der Waals surface area contributed by atoms with Crippen molar-refractivity contribution in [3.8, 4) is 0 Å². The first-order valence-electron chi connectivity index (χ1n) is 4.84. The summed E-state index contributed by atoms with van der Waals surface area (Å²) in [5.74, 6) is 0.564. The summed E-state index contributed by atoms with van der Waals surface area (Å²) in [6.07, 6.45) is 6.36. The average molecular weight is 179 g/mol. The van der Waals surface area contributed by atoms with Crippen LogP contribution in [-0.4, -0.2) is 13.3 Å². The molecular weight excluding hydrogens is 158 g/mol. The Hall–Kier alpha value is -0.850. The van der Waals surface area contributed by atoms with Gasteiger partial charge >= 0.3 is 0 Å². The molecule has 0 fully saturated rings. The zero-order valence-corrected chi connectivity index (χ0v) is 9.30. The third-order valence-corrected chi connectivity index (χ3v) is 1.90. The molecule has 0 rings (SSSR count). The van der Waals surface area contributed by atoms with E-state index in [2.05, 4.69) is 38.4 Å². The minimum absolute atomic E-state index is 0.564. The first kappa shape index (κ1) is 12.2. The summed E-state index contributed by atoms with van der Waals surface area (Å²) in [6.45, 7) is 10.3. The second-order valence-electron chi connectivity index (χ2n) is 3.74. The Morgan fingerprint density at radius 3 is 2.46 bits per heavy atom. The summed E-state index contributed by atoms with van der Waals surface area (Å²) in [7, 11) is 1.81. The fraction of sp³-hybridized carbons (Fsp3) is 0.583. The Morgan fingerprint density at radius 1 is 1.46 bits per heavy atom. The minimum Gasteiger partial charge on any atom is -0.296 e. The van der Waals surface area contributed by atoms with E-state index in [1.165, 1.54) is 11.1 Å². The molecule has 0 aromatic rings. The van der Waals surface area contributed by atoms with Gasteiger partial charge in [-0.3, -0.25) is 4.99 Å². The predicted molar refractivity (Wildman–Crippen MR) is 61.4 cm³/mol. The Balaban J connectivity index is 4.12. The van der Waals surface area contributed by atoms with Gasteiger partial charge in [0.1, 0.15) is 0 Å². The molecule has 0 heterocycles. The molecule has 0 bridgehead atoms. The van der Waals surface area contributed by atoms with Crippen molar-refractivity contribution in [2.45, 2.75) is 33.6 Å². The molecular formula is C12H21N. The summed E-state index contributed by atoms with van der Waals surface area (Å²) >= 11 is 0. The summed E-state index contributed by atoms with van der Waals surface area (Å²) in [4.78, 5) is 4.04. The third kappa shape index (κ3) is 6.32. The molecule has 0 saturated carbocycles. The molecule has 0 aliphatic heterocycles. The Labute approximate surface area is 82.3 Å². The maximum absolute atomic E-state index is 4.04. The summed E-state index contributed by atoms with van der Waals surface area (Å²) in [5.41, 5.74) is 2.57. The molecule has 1 nitrogen and oxygen atoms in total. The number of nitrogens with zero attached hydrogens (tertiary/aromatic N) is 1. The number of aliphatic imine (C=N–C) groups is 1. The van der Waals surface area contributed by atoms with Crippen molar-refractivity contribution >= 4 is 6.21 Å². The Morgan fingerprint density at radius 2 is 2.08 bits per heavy atom. The molecule has 0 aliphatic carbocycles. The Bertz CT molecular complexity index is 209. The average Bonchev–Trinajstić information content (AvgIpc) is 2.02. The van der Waals surface area contributed by atoms with Crippen molar-refractivity contribution in [2.24, 2.45) is 10.9 Å². The number of hydrogen-bond donors (Lipinski definition) is 0. The number of allylic oxidation sites excluding steroid dienone is 3. The van der Waals surface area contributed by atoms with E-state index in [1.807, 2.05) is 13.3 Å². The van der Waals surface area contributed by atoms with Crippen LogP contribution in [0, 0.1) is 5.92 Å². The lowest BCUT2D eigenvalue weighted by atomic mass is 10.0. The van der Waals surface area contributed by atoms with E-state index in [0.717, 1.165) is 12.8 Å². The van der Waals surface area contributed by atoms with Gasteiger partial charge in [-0.15, -0.1) is 6.58 Å². The van der Waals surface area contributed by atoms with E-state index in [-0.39, 0.29) is 0 Å². The zero-order chi connectivity index (χ0) is 10.3. The van der Waals surface area contributed by atoms with Gasteiger partial charge in [-0.2, -0.15) is 0 Å². The molecule has 0 saturated heterocycles. The zero-order valence-electron chi connectivity index (χ0n) is 9.30. The van der Waals surface area contributed by atoms with Crippen LogP contribution in [-0.2, 0) is 0 Å². The number of hydrogen-bond acceptors (Lipinski definition) is 1. The van der Waals surface area contributed by atoms with E-state index >= 15 is 0 Å². The van der Waals surface area contributed by atoms with Gasteiger partial charge < -0.3 is 0 Å². The molecule has 74 valence electrons. The van der Waals surface area contributed by atoms with Crippen LogP contribution >= 0.6 is 0 Å². The molecule has 13 heavy (non-hydrogen) atoms. The van der Waals surface area contributed by atoms with Crippen LogP contribution in [0.2, 0.25) is 0 Å². The fourth-order valence-corrected chi connectivity index (χ4v) is 1.07. The molecule has 0 radical (unpaired) electrons. The summed E-state index contributed by atoms with van der Waals surface area (Å²) < 4.78 is 0. The SMILES string of the molecule is C=C(C)CC/C=C(\C=N/C)C(C)C. The molecule has 0 spiro atoms. The first-order valence-corrected chi connectivity index (χ1v) is 4.84. The molecule has 0 atom stereocenters. The van der Waals surface area contributed by atoms with Crippen LogP contribution in [0.15, 0.2) is 28.8 Å². The van der Waals surface area contributed by atoms with Crippen molar-refractivity contribution in [1.82, 2.24) is 0 Å². The van der Waals surface area contributed by atoms with Crippen molar-refractivity contribution in [3.63, 3.8) is 0 Å². The number of rotatable bonds is 5. The van der Waals surface area contributed by atoms with Gasteiger partial charge in [0.15, 0.2) is 0 Å². The molecule has 0 aliphatic rings. The quantitative estimate of drug-likeness (QED) is 0.451. The van der Waals surface area contributed by atoms with Crippen molar-refractivity contribution in [2.75, 3.05) is 7.05 Å². The van der Waals surface area contributed by atoms with Gasteiger partial charge in [0.2, 0.25) is 0 Å². The largest absolute Gasteiger partial charge is 0.296 e. The molecule has 0 unspecified atom stereocenters. The van der Waals surface area contributed by atoms with E-state index in [0.29, 0.717) is 5.92 Å². The van der Waals surface area contributed by atoms with Crippen LogP contribution in [0.4, 0.5) is 0 Å². The van der Waals surface area contributed by atoms with E-state index < -0.39 is 0 Å². The maximum Gasteiger partial charge on any atom is 0.0277 e.